The topological polar surface area (TPSA) is 104 Å². The maximum absolute atomic E-state index is 13.5. The molecule has 1 aliphatic heterocycles. The molecule has 8 nitrogen and oxygen atoms in total. The molecule has 208 valence electrons. The monoisotopic (exact) mass is 577 g/mol. The number of aromatic amines is 1. The summed E-state index contributed by atoms with van der Waals surface area (Å²) in [4.78, 5) is 22.8. The Labute approximate surface area is 238 Å². The summed E-state index contributed by atoms with van der Waals surface area (Å²) in [5.74, 6) is 1.87. The lowest BCUT2D eigenvalue weighted by Gasteiger charge is -2.26. The van der Waals surface area contributed by atoms with Crippen molar-refractivity contribution in [3.8, 4) is 5.88 Å². The number of carbonyl (C=O) groups is 1. The molecule has 10 heteroatoms. The smallest absolute Gasteiger partial charge is 0.361 e. The average Bonchev–Trinajstić information content (AvgIpc) is 3.31. The van der Waals surface area contributed by atoms with Gasteiger partial charge in [0.15, 0.2) is 5.88 Å². The van der Waals surface area contributed by atoms with Gasteiger partial charge in [0, 0.05) is 46.6 Å². The van der Waals surface area contributed by atoms with Crippen LogP contribution in [-0.2, 0) is 13.6 Å². The first-order valence-electron chi connectivity index (χ1n) is 13.3. The number of nitrogens with one attached hydrogen (secondary N) is 1. The Morgan fingerprint density at radius 1 is 0.975 bits per heavy atom. The zero-order valence-electron chi connectivity index (χ0n) is 22.5. The molecule has 0 atom stereocenters. The Kier molecular flexibility index (Phi) is 8.76. The molecule has 3 aromatic carbocycles. The number of aromatic nitrogens is 1. The Morgan fingerprint density at radius 2 is 1.65 bits per heavy atom. The van der Waals surface area contributed by atoms with Crippen LogP contribution in [0.4, 0.5) is 5.69 Å². The van der Waals surface area contributed by atoms with Crippen LogP contribution < -0.4 is 5.30 Å². The fourth-order valence-corrected chi connectivity index (χ4v) is 7.22. The quantitative estimate of drug-likeness (QED) is 0.183. The minimum Gasteiger partial charge on any atom is -0.494 e. The van der Waals surface area contributed by atoms with Gasteiger partial charge in [-0.05, 0) is 56.3 Å². The highest BCUT2D eigenvalue weighted by atomic mass is 32.2. The highest BCUT2D eigenvalue weighted by molar-refractivity contribution is 7.99. The van der Waals surface area contributed by atoms with E-state index in [9.17, 15) is 14.5 Å². The molecule has 0 bridgehead atoms. The number of aliphatic imine (C=N–C) groups is 1. The third kappa shape index (κ3) is 5.88. The second-order valence-corrected chi connectivity index (χ2v) is 12.4. The molecule has 40 heavy (non-hydrogen) atoms. The second kappa shape index (κ2) is 12.4. The number of amides is 1. The Balaban J connectivity index is 1.59. The molecule has 0 radical (unpaired) electrons. The van der Waals surface area contributed by atoms with Gasteiger partial charge in [-0.3, -0.25) is 9.36 Å². The summed E-state index contributed by atoms with van der Waals surface area (Å²) in [6.45, 7) is 5.50. The van der Waals surface area contributed by atoms with E-state index in [1.807, 2.05) is 59.1 Å². The van der Waals surface area contributed by atoms with E-state index < -0.39 is 7.60 Å². The van der Waals surface area contributed by atoms with Crippen LogP contribution in [0.5, 0.6) is 5.88 Å². The van der Waals surface area contributed by atoms with Crippen LogP contribution in [0.2, 0.25) is 0 Å². The molecule has 2 heterocycles. The number of fused-ring (bicyclic) bond motifs is 1. The van der Waals surface area contributed by atoms with E-state index in [0.717, 1.165) is 30.2 Å². The highest BCUT2D eigenvalue weighted by Crippen LogP contribution is 2.47. The zero-order chi connectivity index (χ0) is 28.1. The Bertz CT molecular complexity index is 1550. The van der Waals surface area contributed by atoms with E-state index in [4.69, 9.17) is 14.0 Å². The van der Waals surface area contributed by atoms with Gasteiger partial charge in [0.1, 0.15) is 0 Å². The maximum Gasteiger partial charge on any atom is 0.361 e. The summed E-state index contributed by atoms with van der Waals surface area (Å²) in [5, 5.41) is 12.1. The van der Waals surface area contributed by atoms with Crippen molar-refractivity contribution in [3.63, 3.8) is 0 Å². The van der Waals surface area contributed by atoms with Gasteiger partial charge in [-0.1, -0.05) is 30.3 Å². The first kappa shape index (κ1) is 28.2. The lowest BCUT2D eigenvalue weighted by molar-refractivity contribution is 0.0772. The fraction of sp³-hybridized carbons (Fsp3) is 0.267. The second-order valence-electron chi connectivity index (χ2n) is 9.19. The Hall–Kier alpha value is -3.36. The molecule has 1 amide bonds. The molecule has 0 spiro atoms. The molecular weight excluding hydrogens is 545 g/mol. The zero-order valence-corrected chi connectivity index (χ0v) is 24.2. The van der Waals surface area contributed by atoms with Crippen LogP contribution in [0.1, 0.15) is 35.3 Å². The van der Waals surface area contributed by atoms with Crippen molar-refractivity contribution in [2.75, 3.05) is 37.8 Å². The van der Waals surface area contributed by atoms with Gasteiger partial charge in [0.25, 0.3) is 5.91 Å². The molecule has 1 saturated heterocycles. The van der Waals surface area contributed by atoms with E-state index >= 15 is 0 Å². The normalized spacial score (nSPS) is 14.6. The number of aromatic hydroxyl groups is 1. The number of benzene rings is 3. The molecule has 5 rings (SSSR count). The molecule has 0 aliphatic carbocycles. The first-order chi connectivity index (χ1) is 19.4. The summed E-state index contributed by atoms with van der Waals surface area (Å²) in [5.41, 5.74) is 3.68. The number of nitrogens with zero attached hydrogens (tertiary/aromatic N) is 2. The molecule has 4 aromatic rings. The van der Waals surface area contributed by atoms with E-state index in [1.54, 1.807) is 44.2 Å². The molecule has 1 aliphatic rings. The minimum atomic E-state index is -3.55. The highest BCUT2D eigenvalue weighted by Gasteiger charge is 2.29. The van der Waals surface area contributed by atoms with Crippen molar-refractivity contribution in [2.45, 2.75) is 13.8 Å². The summed E-state index contributed by atoms with van der Waals surface area (Å²) < 4.78 is 24.7. The number of hydrogen-bond donors (Lipinski definition) is 2. The van der Waals surface area contributed by atoms with Crippen LogP contribution >= 0.6 is 19.4 Å². The largest absolute Gasteiger partial charge is 0.494 e. The predicted molar refractivity (Wildman–Crippen MR) is 162 cm³/mol. The number of thioether (sulfide) groups is 1. The van der Waals surface area contributed by atoms with E-state index in [2.05, 4.69) is 4.98 Å². The van der Waals surface area contributed by atoms with Gasteiger partial charge in [0.05, 0.1) is 35.5 Å². The van der Waals surface area contributed by atoms with Crippen LogP contribution in [0.3, 0.4) is 0 Å². The molecule has 1 fully saturated rings. The van der Waals surface area contributed by atoms with Crippen molar-refractivity contribution < 1.29 is 23.5 Å². The van der Waals surface area contributed by atoms with Crippen LogP contribution in [0, 0.1) is 0 Å². The first-order valence-corrected chi connectivity index (χ1v) is 16.0. The molecule has 2 N–H and O–H groups in total. The van der Waals surface area contributed by atoms with Crippen molar-refractivity contribution in [1.29, 1.82) is 0 Å². The molecule has 0 saturated carbocycles. The predicted octanol–water partition coefficient (Wildman–Crippen LogP) is 6.12. The molecule has 0 unspecified atom stereocenters. The van der Waals surface area contributed by atoms with Gasteiger partial charge in [0.2, 0.25) is 0 Å². The van der Waals surface area contributed by atoms with E-state index in [-0.39, 0.29) is 25.0 Å². The van der Waals surface area contributed by atoms with E-state index in [0.29, 0.717) is 38.7 Å². The van der Waals surface area contributed by atoms with Gasteiger partial charge in [-0.2, -0.15) is 11.8 Å². The van der Waals surface area contributed by atoms with E-state index in [1.165, 1.54) is 0 Å². The van der Waals surface area contributed by atoms with Gasteiger partial charge in [-0.25, -0.2) is 4.99 Å². The number of carbonyl (C=O) groups excluding carboxylic acids is 1. The minimum absolute atomic E-state index is 0.0222. The van der Waals surface area contributed by atoms with Crippen molar-refractivity contribution >= 4 is 52.9 Å². The van der Waals surface area contributed by atoms with Crippen molar-refractivity contribution in [2.24, 2.45) is 4.99 Å². The summed E-state index contributed by atoms with van der Waals surface area (Å²) in [6, 6.07) is 21.9. The summed E-state index contributed by atoms with van der Waals surface area (Å²) >= 11 is 1.86. The lowest BCUT2D eigenvalue weighted by atomic mass is 10.0. The lowest BCUT2D eigenvalue weighted by Crippen LogP contribution is -2.37. The summed E-state index contributed by atoms with van der Waals surface area (Å²) in [7, 11) is -3.55. The number of rotatable bonds is 9. The van der Waals surface area contributed by atoms with Gasteiger partial charge >= 0.3 is 7.60 Å². The molecule has 1 aromatic heterocycles. The third-order valence-corrected chi connectivity index (χ3v) is 9.66. The summed E-state index contributed by atoms with van der Waals surface area (Å²) in [6.07, 6.45) is 0. The van der Waals surface area contributed by atoms with Gasteiger partial charge in [-0.15, -0.1) is 0 Å². The van der Waals surface area contributed by atoms with Gasteiger partial charge < -0.3 is 24.0 Å². The number of H-pyrrole nitrogens is 1. The van der Waals surface area contributed by atoms with Crippen LogP contribution in [-0.4, -0.2) is 64.4 Å². The number of hydrogen-bond acceptors (Lipinski definition) is 7. The van der Waals surface area contributed by atoms with Crippen molar-refractivity contribution in [1.82, 2.24) is 9.88 Å². The maximum atomic E-state index is 13.5. The third-order valence-electron chi connectivity index (χ3n) is 6.61. The Morgan fingerprint density at radius 3 is 2.30 bits per heavy atom. The molecular formula is C30H32N3O5PS. The van der Waals surface area contributed by atoms with Crippen LogP contribution in [0.15, 0.2) is 77.8 Å². The average molecular weight is 578 g/mol. The van der Waals surface area contributed by atoms with Crippen LogP contribution in [0.25, 0.3) is 10.9 Å². The standard InChI is InChI=1S/C30H32N3O5PS/c1-3-37-39(36,38-4-2)24-14-15-26-25(20-24)27(29(34)32-26)28(21-8-6-5-7-9-21)31-23-12-10-22(11-13-23)30(35)33-16-18-40-19-17-33/h5-15,20,32,34H,3-4,16-19H2,1-2H3. The van der Waals surface area contributed by atoms with Crippen molar-refractivity contribution in [3.05, 3.63) is 89.5 Å². The fourth-order valence-electron chi connectivity index (χ4n) is 4.72. The SMILES string of the molecule is CCOP(=O)(OCC)c1ccc2[nH]c(O)c(C(=Nc3ccc(C(=O)N4CCSCC4)cc3)c3ccccc3)c2c1.